The Morgan fingerprint density at radius 3 is 3.00 bits per heavy atom. The number of nitrogens with two attached hydrogens (primary N) is 1. The molecule has 2 atom stereocenters. The lowest BCUT2D eigenvalue weighted by Crippen LogP contribution is -2.68. The van der Waals surface area contributed by atoms with Gasteiger partial charge in [0, 0.05) is 18.1 Å². The number of carbonyl (C=O) groups excluding carboxylic acids is 1. The Hall–Kier alpha value is -2.12. The number of fused-ring (bicyclic) bond motifs is 1. The van der Waals surface area contributed by atoms with E-state index in [0.717, 1.165) is 5.56 Å². The van der Waals surface area contributed by atoms with Gasteiger partial charge in [-0.1, -0.05) is 18.2 Å². The second-order valence-corrected chi connectivity index (χ2v) is 5.84. The number of β-lactam (4-membered cyclic amide) rings is 1. The normalized spacial score (nSPS) is 25.0. The van der Waals surface area contributed by atoms with Gasteiger partial charge in [0.2, 0.25) is 5.91 Å². The molecule has 0 saturated carbocycles. The van der Waals surface area contributed by atoms with Gasteiger partial charge in [-0.2, -0.15) is 0 Å². The summed E-state index contributed by atoms with van der Waals surface area (Å²) < 4.78 is 0. The van der Waals surface area contributed by atoms with Gasteiger partial charge in [0.25, 0.3) is 0 Å². The molecule has 1 aromatic heterocycles. The molecule has 2 aliphatic rings. The summed E-state index contributed by atoms with van der Waals surface area (Å²) in [4.78, 5) is 28.5. The first-order valence-electron chi connectivity index (χ1n) is 6.34. The van der Waals surface area contributed by atoms with Gasteiger partial charge in [0.05, 0.1) is 0 Å². The number of aromatic nitrogens is 1. The highest BCUT2D eigenvalue weighted by Gasteiger charge is 2.51. The quantitative estimate of drug-likeness (QED) is 0.797. The van der Waals surface area contributed by atoms with Crippen molar-refractivity contribution in [3.8, 4) is 0 Å². The van der Waals surface area contributed by atoms with Gasteiger partial charge in [0.1, 0.15) is 17.1 Å². The number of carboxylic acid groups (broad SMARTS) is 1. The van der Waals surface area contributed by atoms with Crippen LogP contribution < -0.4 is 5.73 Å². The number of thioether (sulfide) groups is 1. The molecule has 3 rings (SSSR count). The first kappa shape index (κ1) is 13.8. The van der Waals surface area contributed by atoms with Crippen molar-refractivity contribution >= 4 is 29.7 Å². The average Bonchev–Trinajstić information content (AvgIpc) is 2.52. The Morgan fingerprint density at radius 2 is 2.33 bits per heavy atom. The summed E-state index contributed by atoms with van der Waals surface area (Å²) in [6, 6.07) is 3.07. The lowest BCUT2D eigenvalue weighted by atomic mass is 10.0. The van der Waals surface area contributed by atoms with Crippen LogP contribution in [0.25, 0.3) is 6.08 Å². The minimum Gasteiger partial charge on any atom is -0.477 e. The number of allylic oxidation sites excluding steroid dienone is 1. The number of carbonyl (C=O) groups is 2. The fourth-order valence-corrected chi connectivity index (χ4v) is 3.60. The number of nitrogens with zero attached hydrogens (tertiary/aromatic N) is 2. The number of hydrogen-bond donors (Lipinski definition) is 2. The predicted octanol–water partition coefficient (Wildman–Crippen LogP) is 0.676. The molecular formula is C14H13N3O3S. The summed E-state index contributed by atoms with van der Waals surface area (Å²) in [5.74, 6) is -0.927. The van der Waals surface area contributed by atoms with Gasteiger partial charge < -0.3 is 10.8 Å². The largest absolute Gasteiger partial charge is 0.477 e. The Balaban J connectivity index is 1.93. The lowest BCUT2D eigenvalue weighted by molar-refractivity contribution is -0.147. The van der Waals surface area contributed by atoms with Crippen LogP contribution in [0.5, 0.6) is 0 Å². The lowest BCUT2D eigenvalue weighted by Gasteiger charge is -2.47. The summed E-state index contributed by atoms with van der Waals surface area (Å²) in [7, 11) is 0. The van der Waals surface area contributed by atoms with Crippen LogP contribution in [0.4, 0.5) is 0 Å². The Morgan fingerprint density at radius 1 is 1.52 bits per heavy atom. The zero-order valence-corrected chi connectivity index (χ0v) is 11.8. The molecule has 1 saturated heterocycles. The van der Waals surface area contributed by atoms with Gasteiger partial charge in [-0.05, 0) is 17.2 Å². The summed E-state index contributed by atoms with van der Waals surface area (Å²) in [5.41, 5.74) is 7.20. The Bertz CT molecular complexity index is 657. The van der Waals surface area contributed by atoms with E-state index in [2.05, 4.69) is 4.98 Å². The summed E-state index contributed by atoms with van der Waals surface area (Å²) >= 11 is 1.48. The van der Waals surface area contributed by atoms with E-state index in [-0.39, 0.29) is 17.0 Å². The maximum absolute atomic E-state index is 11.8. The summed E-state index contributed by atoms with van der Waals surface area (Å²) in [6.45, 7) is 0. The van der Waals surface area contributed by atoms with Crippen molar-refractivity contribution in [3.05, 3.63) is 47.4 Å². The number of rotatable bonds is 3. The highest BCUT2D eigenvalue weighted by Crippen LogP contribution is 2.39. The second kappa shape index (κ2) is 5.34. The average molecular weight is 303 g/mol. The molecule has 1 amide bonds. The van der Waals surface area contributed by atoms with Gasteiger partial charge >= 0.3 is 5.97 Å². The van der Waals surface area contributed by atoms with Gasteiger partial charge in [-0.15, -0.1) is 11.8 Å². The molecule has 1 fully saturated rings. The molecule has 3 heterocycles. The zero-order valence-electron chi connectivity index (χ0n) is 11.0. The van der Waals surface area contributed by atoms with E-state index in [4.69, 9.17) is 5.73 Å². The third-order valence-corrected chi connectivity index (χ3v) is 4.73. The first-order chi connectivity index (χ1) is 10.1. The van der Waals surface area contributed by atoms with E-state index >= 15 is 0 Å². The minimum atomic E-state index is -1.11. The Kier molecular flexibility index (Phi) is 3.52. The molecule has 7 heteroatoms. The molecule has 0 aromatic carbocycles. The predicted molar refractivity (Wildman–Crippen MR) is 79.0 cm³/mol. The first-order valence-corrected chi connectivity index (χ1v) is 7.39. The number of aliphatic carboxylic acids is 1. The van der Waals surface area contributed by atoms with E-state index in [0.29, 0.717) is 11.3 Å². The van der Waals surface area contributed by atoms with Crippen LogP contribution in [0.15, 0.2) is 41.9 Å². The third kappa shape index (κ3) is 2.34. The van der Waals surface area contributed by atoms with Crippen LogP contribution in [0.1, 0.15) is 5.56 Å². The van der Waals surface area contributed by atoms with E-state index in [1.165, 1.54) is 16.7 Å². The van der Waals surface area contributed by atoms with E-state index in [1.54, 1.807) is 30.6 Å². The smallest absolute Gasteiger partial charge is 0.352 e. The van der Waals surface area contributed by atoms with Crippen LogP contribution in [0.3, 0.4) is 0 Å². The Labute approximate surface area is 125 Å². The highest BCUT2D eigenvalue weighted by molar-refractivity contribution is 8.00. The van der Waals surface area contributed by atoms with Crippen molar-refractivity contribution in [2.75, 3.05) is 5.75 Å². The van der Waals surface area contributed by atoms with Crippen molar-refractivity contribution in [2.24, 2.45) is 5.73 Å². The minimum absolute atomic E-state index is 0.0330. The molecule has 0 spiro atoms. The van der Waals surface area contributed by atoms with Crippen molar-refractivity contribution < 1.29 is 14.7 Å². The van der Waals surface area contributed by atoms with Crippen LogP contribution >= 0.6 is 11.8 Å². The molecule has 21 heavy (non-hydrogen) atoms. The maximum atomic E-state index is 11.8. The second-order valence-electron chi connectivity index (χ2n) is 4.73. The molecule has 0 aliphatic carbocycles. The monoisotopic (exact) mass is 303 g/mol. The van der Waals surface area contributed by atoms with E-state index < -0.39 is 12.0 Å². The SMILES string of the molecule is NC1C(=O)N2C(C(=O)O)=C(C=Cc3cccnc3)CS[C@H]12. The maximum Gasteiger partial charge on any atom is 0.352 e. The summed E-state index contributed by atoms with van der Waals surface area (Å²) in [6.07, 6.45) is 6.86. The third-order valence-electron chi connectivity index (χ3n) is 3.40. The molecule has 2 aliphatic heterocycles. The van der Waals surface area contributed by atoms with Crippen molar-refractivity contribution in [1.29, 1.82) is 0 Å². The number of carboxylic acids is 1. The molecule has 1 aromatic rings. The molecule has 108 valence electrons. The molecule has 0 bridgehead atoms. The van der Waals surface area contributed by atoms with Crippen molar-refractivity contribution in [3.63, 3.8) is 0 Å². The van der Waals surface area contributed by atoms with Crippen LogP contribution in [0.2, 0.25) is 0 Å². The number of hydrogen-bond acceptors (Lipinski definition) is 5. The van der Waals surface area contributed by atoms with Crippen LogP contribution in [-0.2, 0) is 9.59 Å². The molecular weight excluding hydrogens is 290 g/mol. The van der Waals surface area contributed by atoms with Gasteiger partial charge in [0.15, 0.2) is 0 Å². The molecule has 1 unspecified atom stereocenters. The molecule has 0 radical (unpaired) electrons. The number of pyridine rings is 1. The topological polar surface area (TPSA) is 96.5 Å². The fourth-order valence-electron chi connectivity index (χ4n) is 2.34. The highest BCUT2D eigenvalue weighted by atomic mass is 32.2. The van der Waals surface area contributed by atoms with Crippen LogP contribution in [-0.4, -0.2) is 44.0 Å². The molecule has 3 N–H and O–H groups in total. The summed E-state index contributed by atoms with van der Waals surface area (Å²) in [5, 5.41) is 9.12. The van der Waals surface area contributed by atoms with E-state index in [9.17, 15) is 14.7 Å². The fraction of sp³-hybridized carbons (Fsp3) is 0.214. The van der Waals surface area contributed by atoms with Gasteiger partial charge in [-0.25, -0.2) is 4.79 Å². The van der Waals surface area contributed by atoms with E-state index in [1.807, 2.05) is 6.07 Å². The van der Waals surface area contributed by atoms with Crippen molar-refractivity contribution in [2.45, 2.75) is 11.4 Å². The molecule has 6 nitrogen and oxygen atoms in total. The van der Waals surface area contributed by atoms with Crippen LogP contribution in [0, 0.1) is 0 Å². The number of amides is 1. The van der Waals surface area contributed by atoms with Gasteiger partial charge in [-0.3, -0.25) is 14.7 Å². The standard InChI is InChI=1S/C14H13N3O3S/c15-10-12(18)17-11(14(19)20)9(7-21-13(10)17)4-3-8-2-1-5-16-6-8/h1-6,10,13H,7,15H2,(H,19,20)/t10?,13-/m1/s1. The van der Waals surface area contributed by atoms with Crippen molar-refractivity contribution in [1.82, 2.24) is 9.88 Å². The zero-order chi connectivity index (χ0) is 15.0.